The molecule has 0 aliphatic rings. The van der Waals surface area contributed by atoms with Crippen LogP contribution in [0.15, 0.2) is 162 Å². The van der Waals surface area contributed by atoms with E-state index in [1.54, 1.807) is 0 Å². The normalized spacial score (nSPS) is 11.9. The van der Waals surface area contributed by atoms with E-state index in [-0.39, 0.29) is 0 Å². The Morgan fingerprint density at radius 2 is 1.17 bits per heavy atom. The Kier molecular flexibility index (Phi) is 5.28. The van der Waals surface area contributed by atoms with Crippen LogP contribution >= 0.6 is 0 Å². The van der Waals surface area contributed by atoms with Gasteiger partial charge in [-0.25, -0.2) is 4.98 Å². The maximum atomic E-state index is 6.50. The Morgan fingerprint density at radius 3 is 2.04 bits per heavy atom. The zero-order valence-corrected chi connectivity index (χ0v) is 24.8. The van der Waals surface area contributed by atoms with Gasteiger partial charge >= 0.3 is 0 Å². The molecule has 0 saturated carbocycles. The average Bonchev–Trinajstić information content (AvgIpc) is 3.68. The first-order valence-electron chi connectivity index (χ1n) is 15.6. The molecule has 214 valence electrons. The van der Waals surface area contributed by atoms with E-state index < -0.39 is 0 Å². The molecule has 0 unspecified atom stereocenters. The highest BCUT2D eigenvalue weighted by Crippen LogP contribution is 2.43. The Balaban J connectivity index is 1.31. The van der Waals surface area contributed by atoms with Gasteiger partial charge in [0.15, 0.2) is 0 Å². The molecule has 0 amide bonds. The van der Waals surface area contributed by atoms with Gasteiger partial charge in [-0.05, 0) is 63.9 Å². The lowest BCUT2D eigenvalue weighted by Crippen LogP contribution is -2.00. The monoisotopic (exact) mass is 586 g/mol. The number of pyridine rings is 1. The number of aromatic nitrogens is 2. The summed E-state index contributed by atoms with van der Waals surface area (Å²) in [6.07, 6.45) is 0. The molecule has 7 aromatic carbocycles. The predicted molar refractivity (Wildman–Crippen MR) is 191 cm³/mol. The maximum Gasteiger partial charge on any atom is 0.143 e. The van der Waals surface area contributed by atoms with Gasteiger partial charge in [-0.15, -0.1) is 0 Å². The summed E-state index contributed by atoms with van der Waals surface area (Å²) < 4.78 is 8.85. The molecular weight excluding hydrogens is 560 g/mol. The van der Waals surface area contributed by atoms with Crippen LogP contribution in [0.2, 0.25) is 0 Å². The molecule has 3 heterocycles. The third-order valence-electron chi connectivity index (χ3n) is 9.33. The van der Waals surface area contributed by atoms with E-state index in [1.165, 1.54) is 21.5 Å². The molecule has 10 rings (SSSR count). The van der Waals surface area contributed by atoms with Crippen LogP contribution in [0.5, 0.6) is 0 Å². The van der Waals surface area contributed by atoms with E-state index in [9.17, 15) is 0 Å². The van der Waals surface area contributed by atoms with Gasteiger partial charge < -0.3 is 4.42 Å². The molecule has 0 spiro atoms. The van der Waals surface area contributed by atoms with E-state index in [0.717, 1.165) is 72.3 Å². The molecule has 0 aliphatic carbocycles. The van der Waals surface area contributed by atoms with Crippen molar-refractivity contribution in [2.45, 2.75) is 0 Å². The molecule has 0 aliphatic heterocycles. The van der Waals surface area contributed by atoms with Crippen LogP contribution in [0.4, 0.5) is 0 Å². The van der Waals surface area contributed by atoms with Crippen molar-refractivity contribution in [1.29, 1.82) is 0 Å². The molecule has 3 heteroatoms. The van der Waals surface area contributed by atoms with Crippen molar-refractivity contribution in [2.24, 2.45) is 0 Å². The lowest BCUT2D eigenvalue weighted by atomic mass is 9.96. The summed E-state index contributed by atoms with van der Waals surface area (Å²) in [5.41, 5.74) is 10.6. The summed E-state index contributed by atoms with van der Waals surface area (Å²) in [5, 5.41) is 7.20. The number of hydrogen-bond donors (Lipinski definition) is 0. The maximum absolute atomic E-state index is 6.50. The summed E-state index contributed by atoms with van der Waals surface area (Å²) >= 11 is 0. The molecule has 10 aromatic rings. The zero-order chi connectivity index (χ0) is 30.2. The molecule has 3 aromatic heterocycles. The van der Waals surface area contributed by atoms with E-state index in [4.69, 9.17) is 9.40 Å². The minimum Gasteiger partial charge on any atom is -0.455 e. The first-order valence-corrected chi connectivity index (χ1v) is 15.6. The third-order valence-corrected chi connectivity index (χ3v) is 9.33. The molecule has 0 bridgehead atoms. The van der Waals surface area contributed by atoms with Crippen molar-refractivity contribution < 1.29 is 4.42 Å². The SMILES string of the molecule is c1ccc(-c2cc(-c3ccccc3)nc(-n3c4cccc5ccc6cc(-c7cccc8c7oc7ccccc78)cc3c6c54)c2)cc1. The number of nitrogens with zero attached hydrogens (tertiary/aromatic N) is 2. The van der Waals surface area contributed by atoms with Gasteiger partial charge in [0.2, 0.25) is 0 Å². The quantitative estimate of drug-likeness (QED) is 0.192. The fourth-order valence-corrected chi connectivity index (χ4v) is 7.25. The molecule has 3 nitrogen and oxygen atoms in total. The molecule has 0 atom stereocenters. The number of furan rings is 1. The fourth-order valence-electron chi connectivity index (χ4n) is 7.25. The largest absolute Gasteiger partial charge is 0.455 e. The predicted octanol–water partition coefficient (Wildman–Crippen LogP) is 11.7. The first-order chi connectivity index (χ1) is 22.8. The van der Waals surface area contributed by atoms with Gasteiger partial charge in [0.25, 0.3) is 0 Å². The lowest BCUT2D eigenvalue weighted by molar-refractivity contribution is 0.670. The van der Waals surface area contributed by atoms with Crippen molar-refractivity contribution >= 4 is 54.5 Å². The highest BCUT2D eigenvalue weighted by atomic mass is 16.3. The van der Waals surface area contributed by atoms with Gasteiger partial charge in [-0.3, -0.25) is 4.57 Å². The van der Waals surface area contributed by atoms with Gasteiger partial charge in [0.05, 0.1) is 16.7 Å². The second-order valence-electron chi connectivity index (χ2n) is 12.0. The van der Waals surface area contributed by atoms with E-state index in [2.05, 4.69) is 144 Å². The summed E-state index contributed by atoms with van der Waals surface area (Å²) in [7, 11) is 0. The Labute approximate surface area is 264 Å². The Morgan fingerprint density at radius 1 is 0.457 bits per heavy atom. The second-order valence-corrected chi connectivity index (χ2v) is 12.0. The summed E-state index contributed by atoms with van der Waals surface area (Å²) in [6.45, 7) is 0. The van der Waals surface area contributed by atoms with Crippen LogP contribution in [0.25, 0.3) is 93.8 Å². The number of hydrogen-bond acceptors (Lipinski definition) is 2. The van der Waals surface area contributed by atoms with E-state index >= 15 is 0 Å². The first kappa shape index (κ1) is 25.2. The average molecular weight is 587 g/mol. The van der Waals surface area contributed by atoms with Crippen molar-refractivity contribution in [2.75, 3.05) is 0 Å². The summed E-state index contributed by atoms with van der Waals surface area (Å²) in [6, 6.07) is 55.9. The summed E-state index contributed by atoms with van der Waals surface area (Å²) in [4.78, 5) is 5.36. The highest BCUT2D eigenvalue weighted by Gasteiger charge is 2.21. The smallest absolute Gasteiger partial charge is 0.143 e. The van der Waals surface area contributed by atoms with Crippen molar-refractivity contribution in [3.8, 4) is 39.3 Å². The Hall–Kier alpha value is -6.19. The van der Waals surface area contributed by atoms with Gasteiger partial charge in [-0.1, -0.05) is 121 Å². The van der Waals surface area contributed by atoms with Gasteiger partial charge in [0.1, 0.15) is 17.0 Å². The van der Waals surface area contributed by atoms with Crippen LogP contribution in [-0.4, -0.2) is 9.55 Å². The van der Waals surface area contributed by atoms with E-state index in [0.29, 0.717) is 0 Å². The number of fused-ring (bicyclic) bond motifs is 3. The lowest BCUT2D eigenvalue weighted by Gasteiger charge is -2.13. The molecule has 0 fully saturated rings. The topological polar surface area (TPSA) is 31.0 Å². The molecule has 0 N–H and O–H groups in total. The zero-order valence-electron chi connectivity index (χ0n) is 24.8. The van der Waals surface area contributed by atoms with Gasteiger partial charge in [-0.2, -0.15) is 0 Å². The van der Waals surface area contributed by atoms with E-state index in [1.807, 2.05) is 18.2 Å². The minimum atomic E-state index is 0.893. The Bertz CT molecular complexity index is 2680. The van der Waals surface area contributed by atoms with Crippen LogP contribution in [0.1, 0.15) is 0 Å². The van der Waals surface area contributed by atoms with Crippen molar-refractivity contribution in [3.63, 3.8) is 0 Å². The molecular formula is C43H26N2O. The fraction of sp³-hybridized carbons (Fsp3) is 0. The van der Waals surface area contributed by atoms with Crippen molar-refractivity contribution in [3.05, 3.63) is 158 Å². The van der Waals surface area contributed by atoms with Crippen molar-refractivity contribution in [1.82, 2.24) is 9.55 Å². The van der Waals surface area contributed by atoms with Crippen LogP contribution < -0.4 is 0 Å². The number of rotatable bonds is 4. The molecule has 46 heavy (non-hydrogen) atoms. The highest BCUT2D eigenvalue weighted by molar-refractivity contribution is 6.25. The van der Waals surface area contributed by atoms with Gasteiger partial charge in [0, 0.05) is 32.7 Å². The third kappa shape index (κ3) is 3.69. The minimum absolute atomic E-state index is 0.893. The number of para-hydroxylation sites is 2. The molecule has 0 saturated heterocycles. The second kappa shape index (κ2) is 9.65. The van der Waals surface area contributed by atoms with Crippen LogP contribution in [0, 0.1) is 0 Å². The number of benzene rings is 7. The van der Waals surface area contributed by atoms with Crippen LogP contribution in [-0.2, 0) is 0 Å². The standard InChI is InChI=1S/C43H26N2O/c1-3-11-27(12-4-1)31-24-36(28-13-5-2-6-14-28)44-40(26-31)45-37-19-9-15-29-21-22-30-23-32(25-38(45)42(30)41(29)37)33-17-10-18-35-34-16-7-8-20-39(34)46-43(33)35/h1-26H. The summed E-state index contributed by atoms with van der Waals surface area (Å²) in [5.74, 6) is 0.893. The molecule has 0 radical (unpaired) electrons. The van der Waals surface area contributed by atoms with Crippen LogP contribution in [0.3, 0.4) is 0 Å².